The summed E-state index contributed by atoms with van der Waals surface area (Å²) in [7, 11) is 1.90. The Morgan fingerprint density at radius 1 is 1.38 bits per heavy atom. The van der Waals surface area contributed by atoms with Crippen LogP contribution in [0.25, 0.3) is 11.6 Å². The van der Waals surface area contributed by atoms with Crippen molar-refractivity contribution in [1.82, 2.24) is 30.2 Å². The number of hydrogen-bond donors (Lipinski definition) is 2. The average Bonchev–Trinajstić information content (AvgIpc) is 2.65. The van der Waals surface area contributed by atoms with Gasteiger partial charge in [-0.05, 0) is 32.9 Å². The Morgan fingerprint density at radius 2 is 2.12 bits per heavy atom. The highest BCUT2D eigenvalue weighted by Gasteiger charge is 2.24. The van der Waals surface area contributed by atoms with E-state index in [-0.39, 0.29) is 30.3 Å². The molecular weight excluding hydrogens is 356 g/mol. The molecule has 9 heteroatoms. The number of nitrogens with zero attached hydrogens (tertiary/aromatic N) is 4. The van der Waals surface area contributed by atoms with Crippen LogP contribution < -0.4 is 10.9 Å². The fourth-order valence-electron chi connectivity index (χ4n) is 3.05. The van der Waals surface area contributed by atoms with Gasteiger partial charge in [0, 0.05) is 42.8 Å². The van der Waals surface area contributed by atoms with Crippen LogP contribution in [0.3, 0.4) is 0 Å². The number of rotatable bonds is 4. The number of halogens is 1. The third kappa shape index (κ3) is 4.44. The number of aryl methyl sites for hydroxylation is 1. The quantitative estimate of drug-likeness (QED) is 0.812. The molecule has 0 spiro atoms. The SMILES string of the molecule is CNC1CCCN(C(=O)Cc2c(C)nc(-c3ncccn3)[nH]c2=O)C1.Cl. The molecule has 0 bridgehead atoms. The predicted octanol–water partition coefficient (Wildman–Crippen LogP) is 0.710. The molecular formula is C17H23ClN6O2. The van der Waals surface area contributed by atoms with E-state index in [2.05, 4.69) is 25.3 Å². The maximum Gasteiger partial charge on any atom is 0.255 e. The van der Waals surface area contributed by atoms with E-state index in [1.165, 1.54) is 0 Å². The Morgan fingerprint density at radius 3 is 2.77 bits per heavy atom. The third-order valence-electron chi connectivity index (χ3n) is 4.51. The van der Waals surface area contributed by atoms with E-state index in [4.69, 9.17) is 0 Å². The Bertz CT molecular complexity index is 811. The molecule has 0 radical (unpaired) electrons. The lowest BCUT2D eigenvalue weighted by atomic mass is 10.0. The summed E-state index contributed by atoms with van der Waals surface area (Å²) >= 11 is 0. The van der Waals surface area contributed by atoms with E-state index < -0.39 is 0 Å². The lowest BCUT2D eigenvalue weighted by Crippen LogP contribution is -2.47. The van der Waals surface area contributed by atoms with Crippen LogP contribution in [0.1, 0.15) is 24.1 Å². The largest absolute Gasteiger partial charge is 0.341 e. The van der Waals surface area contributed by atoms with Crippen LogP contribution in [0.5, 0.6) is 0 Å². The van der Waals surface area contributed by atoms with E-state index in [9.17, 15) is 9.59 Å². The van der Waals surface area contributed by atoms with Crippen molar-refractivity contribution in [3.05, 3.63) is 40.1 Å². The lowest BCUT2D eigenvalue weighted by molar-refractivity contribution is -0.131. The second-order valence-corrected chi connectivity index (χ2v) is 6.20. The van der Waals surface area contributed by atoms with Gasteiger partial charge >= 0.3 is 0 Å². The number of likely N-dealkylation sites (N-methyl/N-ethyl adjacent to an activating group) is 1. The first kappa shape index (κ1) is 20.0. The number of likely N-dealkylation sites (tertiary alicyclic amines) is 1. The maximum atomic E-state index is 12.6. The molecule has 1 saturated heterocycles. The molecule has 26 heavy (non-hydrogen) atoms. The van der Waals surface area contributed by atoms with E-state index >= 15 is 0 Å². The summed E-state index contributed by atoms with van der Waals surface area (Å²) in [4.78, 5) is 42.1. The van der Waals surface area contributed by atoms with E-state index in [1.807, 2.05) is 11.9 Å². The summed E-state index contributed by atoms with van der Waals surface area (Å²) in [5, 5.41) is 3.21. The second-order valence-electron chi connectivity index (χ2n) is 6.20. The number of aromatic amines is 1. The molecule has 1 amide bonds. The highest BCUT2D eigenvalue weighted by molar-refractivity contribution is 5.85. The lowest BCUT2D eigenvalue weighted by Gasteiger charge is -2.32. The first-order valence-corrected chi connectivity index (χ1v) is 8.40. The minimum absolute atomic E-state index is 0. The number of aromatic nitrogens is 4. The van der Waals surface area contributed by atoms with Crippen LogP contribution in [0, 0.1) is 6.92 Å². The van der Waals surface area contributed by atoms with Crippen LogP contribution in [-0.2, 0) is 11.2 Å². The second kappa shape index (κ2) is 8.86. The van der Waals surface area contributed by atoms with Crippen molar-refractivity contribution in [3.63, 3.8) is 0 Å². The maximum absolute atomic E-state index is 12.6. The molecule has 1 atom stereocenters. The number of hydrogen-bond acceptors (Lipinski definition) is 6. The molecule has 3 heterocycles. The van der Waals surface area contributed by atoms with E-state index in [1.54, 1.807) is 25.4 Å². The molecule has 1 aliphatic rings. The Hall–Kier alpha value is -2.32. The summed E-state index contributed by atoms with van der Waals surface area (Å²) in [6, 6.07) is 2.01. The van der Waals surface area contributed by atoms with Gasteiger partial charge in [0.2, 0.25) is 5.91 Å². The number of carbonyl (C=O) groups is 1. The first-order chi connectivity index (χ1) is 12.1. The standard InChI is InChI=1S/C17H22N6O2.ClH/c1-11-13(9-14(24)23-8-3-5-12(10-23)18-2)17(25)22-16(21-11)15-19-6-4-7-20-15;/h4,6-7,12,18H,3,5,8-10H2,1-2H3,(H,21,22,25);1H. The fourth-order valence-corrected chi connectivity index (χ4v) is 3.05. The summed E-state index contributed by atoms with van der Waals surface area (Å²) in [6.07, 6.45) is 5.26. The van der Waals surface area contributed by atoms with Gasteiger partial charge in [0.15, 0.2) is 11.6 Å². The van der Waals surface area contributed by atoms with Crippen LogP contribution in [0.15, 0.2) is 23.3 Å². The van der Waals surface area contributed by atoms with Gasteiger partial charge in [-0.2, -0.15) is 0 Å². The normalized spacial score (nSPS) is 16.8. The zero-order chi connectivity index (χ0) is 17.8. The van der Waals surface area contributed by atoms with Gasteiger partial charge in [-0.15, -0.1) is 12.4 Å². The molecule has 0 aromatic carbocycles. The summed E-state index contributed by atoms with van der Waals surface area (Å²) < 4.78 is 0. The van der Waals surface area contributed by atoms with Crippen molar-refractivity contribution in [2.24, 2.45) is 0 Å². The molecule has 3 rings (SSSR count). The molecule has 2 aromatic heterocycles. The van der Waals surface area contributed by atoms with Gasteiger partial charge < -0.3 is 15.2 Å². The van der Waals surface area contributed by atoms with Crippen molar-refractivity contribution in [1.29, 1.82) is 0 Å². The molecule has 1 fully saturated rings. The smallest absolute Gasteiger partial charge is 0.255 e. The number of nitrogens with one attached hydrogen (secondary N) is 2. The number of amides is 1. The molecule has 2 N–H and O–H groups in total. The Kier molecular flexibility index (Phi) is 6.82. The predicted molar refractivity (Wildman–Crippen MR) is 100 cm³/mol. The van der Waals surface area contributed by atoms with Gasteiger partial charge in [0.05, 0.1) is 6.42 Å². The van der Waals surface area contributed by atoms with Gasteiger partial charge in [0.25, 0.3) is 5.56 Å². The van der Waals surface area contributed by atoms with Crippen molar-refractivity contribution in [3.8, 4) is 11.6 Å². The van der Waals surface area contributed by atoms with Crippen molar-refractivity contribution >= 4 is 18.3 Å². The molecule has 140 valence electrons. The van der Waals surface area contributed by atoms with Gasteiger partial charge in [0.1, 0.15) is 0 Å². The van der Waals surface area contributed by atoms with Crippen molar-refractivity contribution in [2.45, 2.75) is 32.2 Å². The van der Waals surface area contributed by atoms with Gasteiger partial charge in [-0.1, -0.05) is 0 Å². The van der Waals surface area contributed by atoms with Gasteiger partial charge in [-0.3, -0.25) is 9.59 Å². The van der Waals surface area contributed by atoms with Crippen LogP contribution in [-0.4, -0.2) is 56.9 Å². The minimum Gasteiger partial charge on any atom is -0.341 e. The molecule has 2 aromatic rings. The zero-order valence-electron chi connectivity index (χ0n) is 14.9. The molecule has 0 aliphatic carbocycles. The highest BCUT2D eigenvalue weighted by Crippen LogP contribution is 2.13. The number of piperidine rings is 1. The molecule has 1 unspecified atom stereocenters. The average molecular weight is 379 g/mol. The Balaban J connectivity index is 0.00000243. The van der Waals surface area contributed by atoms with Crippen LogP contribution >= 0.6 is 12.4 Å². The van der Waals surface area contributed by atoms with Crippen molar-refractivity contribution in [2.75, 3.05) is 20.1 Å². The summed E-state index contributed by atoms with van der Waals surface area (Å²) in [5.41, 5.74) is 0.614. The van der Waals surface area contributed by atoms with E-state index in [0.717, 1.165) is 19.4 Å². The summed E-state index contributed by atoms with van der Waals surface area (Å²) in [5.74, 6) is 0.625. The monoisotopic (exact) mass is 378 g/mol. The summed E-state index contributed by atoms with van der Waals surface area (Å²) in [6.45, 7) is 3.14. The van der Waals surface area contributed by atoms with Gasteiger partial charge in [-0.25, -0.2) is 15.0 Å². The number of carbonyl (C=O) groups excluding carboxylic acids is 1. The van der Waals surface area contributed by atoms with Crippen LogP contribution in [0.4, 0.5) is 0 Å². The number of H-pyrrole nitrogens is 1. The first-order valence-electron chi connectivity index (χ1n) is 8.40. The fraction of sp³-hybridized carbons (Fsp3) is 0.471. The molecule has 8 nitrogen and oxygen atoms in total. The van der Waals surface area contributed by atoms with E-state index in [0.29, 0.717) is 35.5 Å². The van der Waals surface area contributed by atoms with Crippen molar-refractivity contribution < 1.29 is 4.79 Å². The van der Waals surface area contributed by atoms with Crippen LogP contribution in [0.2, 0.25) is 0 Å². The molecule has 0 saturated carbocycles. The molecule has 1 aliphatic heterocycles. The highest BCUT2D eigenvalue weighted by atomic mass is 35.5. The third-order valence-corrected chi connectivity index (χ3v) is 4.51. The minimum atomic E-state index is -0.314. The topological polar surface area (TPSA) is 104 Å². The zero-order valence-corrected chi connectivity index (χ0v) is 15.7. The Labute approximate surface area is 157 Å².